The van der Waals surface area contributed by atoms with E-state index in [1.807, 2.05) is 20.8 Å². The van der Waals surface area contributed by atoms with Gasteiger partial charge in [-0.1, -0.05) is 13.8 Å². The predicted molar refractivity (Wildman–Crippen MR) is 137 cm³/mol. The van der Waals surface area contributed by atoms with Crippen LogP contribution >= 0.6 is 0 Å². The molecule has 1 N–H and O–H groups in total. The van der Waals surface area contributed by atoms with Gasteiger partial charge in [0.2, 0.25) is 0 Å². The van der Waals surface area contributed by atoms with Crippen LogP contribution in [-0.4, -0.2) is 53.3 Å². The number of nitrogens with one attached hydrogen (secondary N) is 1. The molecule has 0 saturated heterocycles. The third-order valence-corrected chi connectivity index (χ3v) is 9.09. The number of rotatable bonds is 9. The first-order valence-corrected chi connectivity index (χ1v) is 14.8. The van der Waals surface area contributed by atoms with Gasteiger partial charge in [-0.2, -0.15) is 18.3 Å². The van der Waals surface area contributed by atoms with Crippen molar-refractivity contribution in [2.45, 2.75) is 84.2 Å². The lowest BCUT2D eigenvalue weighted by molar-refractivity contribution is -0.169. The Hall–Kier alpha value is -2.43. The number of pyridine rings is 1. The second-order valence-corrected chi connectivity index (χ2v) is 12.5. The van der Waals surface area contributed by atoms with Gasteiger partial charge in [0.15, 0.2) is 5.69 Å². The van der Waals surface area contributed by atoms with Crippen molar-refractivity contribution in [2.24, 2.45) is 11.8 Å². The molecular weight excluding hydrogens is 505 g/mol. The number of carbonyl (C=O) groups excluding carboxylic acids is 1. The van der Waals surface area contributed by atoms with E-state index in [2.05, 4.69) is 15.4 Å². The number of hydrogen-bond donors (Lipinski definition) is 1. The van der Waals surface area contributed by atoms with Crippen LogP contribution in [0.3, 0.4) is 0 Å². The summed E-state index contributed by atoms with van der Waals surface area (Å²) in [4.78, 5) is 17.4. The molecule has 11 heteroatoms. The van der Waals surface area contributed by atoms with E-state index < -0.39 is 21.9 Å². The van der Waals surface area contributed by atoms with Crippen molar-refractivity contribution >= 4 is 15.7 Å². The highest BCUT2D eigenvalue weighted by Gasteiger charge is 2.36. The number of carbonyl (C=O) groups is 1. The summed E-state index contributed by atoms with van der Waals surface area (Å²) in [6.07, 6.45) is 1.71. The molecule has 1 saturated carbocycles. The summed E-state index contributed by atoms with van der Waals surface area (Å²) in [7, 11) is -3.04. The fourth-order valence-electron chi connectivity index (χ4n) is 5.02. The third-order valence-electron chi connectivity index (χ3n) is 7.41. The van der Waals surface area contributed by atoms with Crippen molar-refractivity contribution in [3.63, 3.8) is 0 Å². The van der Waals surface area contributed by atoms with E-state index in [0.29, 0.717) is 49.3 Å². The molecule has 1 fully saturated rings. The molecule has 0 bridgehead atoms. The minimum absolute atomic E-state index is 0.192. The maximum atomic E-state index is 13.1. The Bertz CT molecular complexity index is 1220. The number of hydrogen-bond acceptors (Lipinski definition) is 5. The second kappa shape index (κ2) is 11.5. The highest BCUT2D eigenvalue weighted by Crippen LogP contribution is 2.32. The molecule has 1 atom stereocenters. The van der Waals surface area contributed by atoms with Crippen molar-refractivity contribution in [2.75, 3.05) is 12.8 Å². The molecule has 2 aromatic rings. The van der Waals surface area contributed by atoms with Crippen LogP contribution in [0.25, 0.3) is 11.3 Å². The number of sulfone groups is 1. The largest absolute Gasteiger partial charge is 0.391 e. The van der Waals surface area contributed by atoms with E-state index in [4.69, 9.17) is 0 Å². The molecule has 2 heterocycles. The van der Waals surface area contributed by atoms with Crippen LogP contribution in [0.2, 0.25) is 0 Å². The fourth-order valence-corrected chi connectivity index (χ4v) is 6.14. The van der Waals surface area contributed by atoms with Crippen molar-refractivity contribution in [3.8, 4) is 11.3 Å². The molecule has 0 radical (unpaired) electrons. The summed E-state index contributed by atoms with van der Waals surface area (Å²) in [5.74, 6) is -1.56. The highest BCUT2D eigenvalue weighted by molar-refractivity contribution is 7.91. The van der Waals surface area contributed by atoms with Crippen LogP contribution in [0.4, 0.5) is 13.2 Å². The average molecular weight is 543 g/mol. The summed E-state index contributed by atoms with van der Waals surface area (Å²) in [6, 6.07) is 1.72. The molecule has 0 aromatic carbocycles. The standard InChI is InChI=1S/C26H37F3N4O3S/c1-6-19-13-20(12-16(3)26(27,28)29)30-15-22(19)24-17(4)23(32-33(24)7-2)25(34)31-14-18-8-10-21(11-9-18)37(5,35)36/h13,15-16,18,21H,6-12,14H2,1-5H3,(H,31,34)/t16-,18?,21?/m1/s1. The SMILES string of the molecule is CCc1cc(C[C@@H](C)C(F)(F)F)ncc1-c1c(C)c(C(=O)NCC2CCC(S(C)(=O)=O)CC2)nn1CC. The van der Waals surface area contributed by atoms with E-state index in [1.54, 1.807) is 16.9 Å². The second-order valence-electron chi connectivity index (χ2n) is 10.2. The Morgan fingerprint density at radius 1 is 1.22 bits per heavy atom. The van der Waals surface area contributed by atoms with Crippen molar-refractivity contribution in [1.29, 1.82) is 0 Å². The summed E-state index contributed by atoms with van der Waals surface area (Å²) in [6.45, 7) is 7.78. The van der Waals surface area contributed by atoms with Crippen LogP contribution in [0.15, 0.2) is 12.3 Å². The number of alkyl halides is 3. The Kier molecular flexibility index (Phi) is 9.08. The lowest BCUT2D eigenvalue weighted by atomic mass is 9.89. The number of amides is 1. The molecule has 2 aromatic heterocycles. The van der Waals surface area contributed by atoms with Crippen molar-refractivity contribution in [1.82, 2.24) is 20.1 Å². The average Bonchev–Trinajstić information content (AvgIpc) is 3.17. The zero-order valence-corrected chi connectivity index (χ0v) is 23.0. The lowest BCUT2D eigenvalue weighted by Gasteiger charge is -2.27. The van der Waals surface area contributed by atoms with Gasteiger partial charge in [-0.3, -0.25) is 14.5 Å². The quantitative estimate of drug-likeness (QED) is 0.486. The number of halogens is 3. The summed E-state index contributed by atoms with van der Waals surface area (Å²) >= 11 is 0. The maximum Gasteiger partial charge on any atom is 0.391 e. The first-order valence-electron chi connectivity index (χ1n) is 12.9. The van der Waals surface area contributed by atoms with Crippen LogP contribution in [0.5, 0.6) is 0 Å². The molecule has 7 nitrogen and oxygen atoms in total. The normalized spacial score (nSPS) is 19.6. The number of nitrogens with zero attached hydrogens (tertiary/aromatic N) is 3. The molecule has 0 aliphatic heterocycles. The van der Waals surface area contributed by atoms with Crippen LogP contribution in [0.1, 0.15) is 73.8 Å². The van der Waals surface area contributed by atoms with Crippen LogP contribution < -0.4 is 5.32 Å². The van der Waals surface area contributed by atoms with Gasteiger partial charge in [0.1, 0.15) is 9.84 Å². The topological polar surface area (TPSA) is 93.9 Å². The fraction of sp³-hybridized carbons (Fsp3) is 0.654. The molecule has 37 heavy (non-hydrogen) atoms. The Balaban J connectivity index is 1.78. The lowest BCUT2D eigenvalue weighted by Crippen LogP contribution is -2.34. The van der Waals surface area contributed by atoms with Gasteiger partial charge in [-0.15, -0.1) is 0 Å². The summed E-state index contributed by atoms with van der Waals surface area (Å²) in [5, 5.41) is 7.21. The minimum Gasteiger partial charge on any atom is -0.350 e. The number of aryl methyl sites for hydroxylation is 2. The molecular formula is C26H37F3N4O3S. The van der Waals surface area contributed by atoms with E-state index in [1.165, 1.54) is 6.26 Å². The van der Waals surface area contributed by atoms with Gasteiger partial charge in [-0.25, -0.2) is 8.42 Å². The van der Waals surface area contributed by atoms with Gasteiger partial charge in [0.25, 0.3) is 5.91 Å². The molecule has 206 valence electrons. The van der Waals surface area contributed by atoms with Gasteiger partial charge in [0.05, 0.1) is 16.9 Å². The Labute approximate surface area is 217 Å². The molecule has 1 aliphatic carbocycles. The maximum absolute atomic E-state index is 13.1. The summed E-state index contributed by atoms with van der Waals surface area (Å²) < 4.78 is 64.4. The monoisotopic (exact) mass is 542 g/mol. The molecule has 0 unspecified atom stereocenters. The highest BCUT2D eigenvalue weighted by atomic mass is 32.2. The van der Waals surface area contributed by atoms with Crippen LogP contribution in [-0.2, 0) is 29.2 Å². The van der Waals surface area contributed by atoms with Crippen molar-refractivity contribution in [3.05, 3.63) is 34.8 Å². The Morgan fingerprint density at radius 2 is 1.86 bits per heavy atom. The molecule has 1 amide bonds. The Morgan fingerprint density at radius 3 is 2.41 bits per heavy atom. The van der Waals surface area contributed by atoms with Gasteiger partial charge in [-0.05, 0) is 63.5 Å². The minimum atomic E-state index is -4.28. The summed E-state index contributed by atoms with van der Waals surface area (Å²) in [5.41, 5.74) is 3.73. The smallest absolute Gasteiger partial charge is 0.350 e. The van der Waals surface area contributed by atoms with Crippen molar-refractivity contribution < 1.29 is 26.4 Å². The van der Waals surface area contributed by atoms with E-state index in [9.17, 15) is 26.4 Å². The zero-order valence-electron chi connectivity index (χ0n) is 22.2. The molecule has 3 rings (SSSR count). The van der Waals surface area contributed by atoms with Gasteiger partial charge >= 0.3 is 6.18 Å². The number of aromatic nitrogens is 3. The first kappa shape index (κ1) is 29.1. The van der Waals surface area contributed by atoms with E-state index >= 15 is 0 Å². The first-order chi connectivity index (χ1) is 17.3. The van der Waals surface area contributed by atoms with Crippen LogP contribution in [0, 0.1) is 18.8 Å². The molecule has 1 aliphatic rings. The predicted octanol–water partition coefficient (Wildman–Crippen LogP) is 4.91. The molecule has 0 spiro atoms. The zero-order chi connectivity index (χ0) is 27.5. The van der Waals surface area contributed by atoms with E-state index in [0.717, 1.165) is 36.6 Å². The van der Waals surface area contributed by atoms with Gasteiger partial charge < -0.3 is 5.32 Å². The van der Waals surface area contributed by atoms with E-state index in [-0.39, 0.29) is 23.5 Å². The third kappa shape index (κ3) is 6.91. The van der Waals surface area contributed by atoms with Gasteiger partial charge in [0, 0.05) is 48.8 Å².